The Bertz CT molecular complexity index is 1080. The van der Waals surface area contributed by atoms with Gasteiger partial charge in [-0.05, 0) is 26.8 Å². The maximum Gasteiger partial charge on any atom is 0.248 e. The monoisotopic (exact) mass is 403 g/mol. The van der Waals surface area contributed by atoms with Crippen molar-refractivity contribution in [1.82, 2.24) is 24.2 Å². The quantitative estimate of drug-likeness (QED) is 0.602. The normalized spacial score (nSPS) is 12.1. The molecule has 28 heavy (non-hydrogen) atoms. The lowest BCUT2D eigenvalue weighted by Crippen LogP contribution is -2.31. The molecule has 0 atom stereocenters. The Morgan fingerprint density at radius 2 is 1.86 bits per heavy atom. The lowest BCUT2D eigenvalue weighted by Gasteiger charge is -2.18. The summed E-state index contributed by atoms with van der Waals surface area (Å²) in [4.78, 5) is 4.67. The van der Waals surface area contributed by atoms with Crippen LogP contribution >= 0.6 is 0 Å². The molecule has 150 valence electrons. The van der Waals surface area contributed by atoms with E-state index in [1.807, 2.05) is 45.0 Å². The lowest BCUT2D eigenvalue weighted by atomic mass is 10.1. The topological polar surface area (TPSA) is 94.1 Å². The average Bonchev–Trinajstić information content (AvgIpc) is 3.21. The van der Waals surface area contributed by atoms with Crippen molar-refractivity contribution in [3.8, 4) is 11.4 Å². The zero-order valence-electron chi connectivity index (χ0n) is 16.8. The molecule has 0 saturated carbocycles. The van der Waals surface area contributed by atoms with Gasteiger partial charge in [-0.2, -0.15) is 14.4 Å². The maximum atomic E-state index is 12.9. The molecule has 0 unspecified atom stereocenters. The van der Waals surface area contributed by atoms with E-state index in [0.717, 1.165) is 11.1 Å². The molecule has 0 aliphatic carbocycles. The van der Waals surface area contributed by atoms with Crippen molar-refractivity contribution in [2.24, 2.45) is 0 Å². The van der Waals surface area contributed by atoms with Gasteiger partial charge in [-0.3, -0.25) is 4.68 Å². The fraction of sp³-hybridized carbons (Fsp3) is 0.421. The average molecular weight is 404 g/mol. The predicted octanol–water partition coefficient (Wildman–Crippen LogP) is 2.94. The van der Waals surface area contributed by atoms with Crippen LogP contribution in [0, 0.1) is 20.8 Å². The number of benzene rings is 1. The van der Waals surface area contributed by atoms with E-state index in [1.54, 1.807) is 18.5 Å². The fourth-order valence-electron chi connectivity index (χ4n) is 3.25. The van der Waals surface area contributed by atoms with E-state index < -0.39 is 10.0 Å². The highest BCUT2D eigenvalue weighted by molar-refractivity contribution is 7.89. The molecule has 0 radical (unpaired) electrons. The van der Waals surface area contributed by atoms with E-state index in [0.29, 0.717) is 36.2 Å². The van der Waals surface area contributed by atoms with E-state index in [9.17, 15) is 8.42 Å². The number of nitrogens with zero attached hydrogens (tertiary/aromatic N) is 5. The van der Waals surface area contributed by atoms with E-state index in [2.05, 4.69) is 15.2 Å². The van der Waals surface area contributed by atoms with Crippen molar-refractivity contribution in [1.29, 1.82) is 0 Å². The molecule has 3 aromatic rings. The van der Waals surface area contributed by atoms with E-state index in [-0.39, 0.29) is 11.4 Å². The summed E-state index contributed by atoms with van der Waals surface area (Å²) in [5.41, 5.74) is 2.99. The molecule has 9 heteroatoms. The summed E-state index contributed by atoms with van der Waals surface area (Å²) in [5.74, 6) is 0.866. The van der Waals surface area contributed by atoms with Crippen LogP contribution < -0.4 is 0 Å². The summed E-state index contributed by atoms with van der Waals surface area (Å²) in [7, 11) is -3.59. The highest BCUT2D eigenvalue weighted by atomic mass is 32.2. The van der Waals surface area contributed by atoms with E-state index in [4.69, 9.17) is 4.52 Å². The number of rotatable bonds is 7. The van der Waals surface area contributed by atoms with Gasteiger partial charge in [-0.1, -0.05) is 42.8 Å². The number of aryl methyl sites for hydroxylation is 2. The van der Waals surface area contributed by atoms with Crippen molar-refractivity contribution in [3.63, 3.8) is 0 Å². The van der Waals surface area contributed by atoms with Gasteiger partial charge in [-0.25, -0.2) is 8.42 Å². The Labute approximate surface area is 165 Å². The molecule has 3 rings (SSSR count). The molecule has 0 aliphatic rings. The summed E-state index contributed by atoms with van der Waals surface area (Å²) < 4.78 is 34.3. The van der Waals surface area contributed by atoms with Crippen LogP contribution in [0.4, 0.5) is 0 Å². The van der Waals surface area contributed by atoms with Crippen LogP contribution in [0.25, 0.3) is 11.4 Å². The maximum absolute atomic E-state index is 12.9. The molecule has 0 aliphatic heterocycles. The summed E-state index contributed by atoms with van der Waals surface area (Å²) in [5, 5.41) is 8.43. The van der Waals surface area contributed by atoms with Gasteiger partial charge in [0.05, 0.1) is 11.4 Å². The van der Waals surface area contributed by atoms with Crippen LogP contribution in [0.5, 0.6) is 0 Å². The third kappa shape index (κ3) is 3.72. The van der Waals surface area contributed by atoms with Crippen molar-refractivity contribution < 1.29 is 12.9 Å². The van der Waals surface area contributed by atoms with Crippen molar-refractivity contribution >= 4 is 10.0 Å². The van der Waals surface area contributed by atoms with Gasteiger partial charge in [0.25, 0.3) is 0 Å². The molecule has 1 aromatic carbocycles. The second-order valence-corrected chi connectivity index (χ2v) is 8.50. The van der Waals surface area contributed by atoms with Gasteiger partial charge in [0.1, 0.15) is 11.4 Å². The number of hydrogen-bond acceptors (Lipinski definition) is 6. The van der Waals surface area contributed by atoms with Gasteiger partial charge in [0.2, 0.25) is 21.7 Å². The Morgan fingerprint density at radius 1 is 1.14 bits per heavy atom. The second-order valence-electron chi connectivity index (χ2n) is 6.63. The Kier molecular flexibility index (Phi) is 5.66. The lowest BCUT2D eigenvalue weighted by molar-refractivity contribution is 0.364. The molecular weight excluding hydrogens is 378 g/mol. The second kappa shape index (κ2) is 7.84. The van der Waals surface area contributed by atoms with Gasteiger partial charge < -0.3 is 4.52 Å². The summed E-state index contributed by atoms with van der Waals surface area (Å²) in [6.07, 6.45) is 0. The van der Waals surface area contributed by atoms with Gasteiger partial charge in [0.15, 0.2) is 0 Å². The SMILES string of the molecule is CCN(CC)S(=O)(=O)c1c(C)nn(Cc2nc(-c3cccc(C)c3)no2)c1C. The van der Waals surface area contributed by atoms with Crippen molar-refractivity contribution in [2.45, 2.75) is 46.1 Å². The van der Waals surface area contributed by atoms with E-state index in [1.165, 1.54) is 4.31 Å². The first kappa shape index (κ1) is 20.2. The molecule has 0 fully saturated rings. The van der Waals surface area contributed by atoms with Crippen molar-refractivity contribution in [2.75, 3.05) is 13.1 Å². The highest BCUT2D eigenvalue weighted by Crippen LogP contribution is 2.24. The highest BCUT2D eigenvalue weighted by Gasteiger charge is 2.29. The number of sulfonamides is 1. The summed E-state index contributed by atoms with van der Waals surface area (Å²) in [6.45, 7) is 10.1. The molecule has 2 heterocycles. The zero-order valence-corrected chi connectivity index (χ0v) is 17.6. The Balaban J connectivity index is 1.91. The smallest absolute Gasteiger partial charge is 0.248 e. The van der Waals surface area contributed by atoms with E-state index >= 15 is 0 Å². The van der Waals surface area contributed by atoms with Crippen LogP contribution in [0.1, 0.15) is 36.7 Å². The third-order valence-corrected chi connectivity index (χ3v) is 6.95. The first-order valence-electron chi connectivity index (χ1n) is 9.21. The number of hydrogen-bond donors (Lipinski definition) is 0. The summed E-state index contributed by atoms with van der Waals surface area (Å²) >= 11 is 0. The molecule has 2 aromatic heterocycles. The van der Waals surface area contributed by atoms with Crippen LogP contribution in [-0.4, -0.2) is 45.7 Å². The molecule has 0 saturated heterocycles. The summed E-state index contributed by atoms with van der Waals surface area (Å²) in [6, 6.07) is 7.83. The molecule has 8 nitrogen and oxygen atoms in total. The minimum absolute atomic E-state index is 0.208. The first-order valence-corrected chi connectivity index (χ1v) is 10.7. The Morgan fingerprint density at radius 3 is 2.50 bits per heavy atom. The zero-order chi connectivity index (χ0) is 20.5. The number of aromatic nitrogens is 4. The van der Waals surface area contributed by atoms with Crippen LogP contribution in [0.2, 0.25) is 0 Å². The van der Waals surface area contributed by atoms with Gasteiger partial charge in [-0.15, -0.1) is 0 Å². The molecule has 0 spiro atoms. The third-order valence-electron chi connectivity index (χ3n) is 4.65. The first-order chi connectivity index (χ1) is 13.3. The molecule has 0 N–H and O–H groups in total. The molecular formula is C19H25N5O3S. The predicted molar refractivity (Wildman–Crippen MR) is 105 cm³/mol. The minimum Gasteiger partial charge on any atom is -0.337 e. The largest absolute Gasteiger partial charge is 0.337 e. The van der Waals surface area contributed by atoms with Crippen LogP contribution in [-0.2, 0) is 16.6 Å². The molecule has 0 bridgehead atoms. The minimum atomic E-state index is -3.59. The Hall–Kier alpha value is -2.52. The van der Waals surface area contributed by atoms with Crippen molar-refractivity contribution in [3.05, 3.63) is 47.1 Å². The van der Waals surface area contributed by atoms with Gasteiger partial charge >= 0.3 is 0 Å². The van der Waals surface area contributed by atoms with Crippen LogP contribution in [0.3, 0.4) is 0 Å². The van der Waals surface area contributed by atoms with Gasteiger partial charge in [0, 0.05) is 18.7 Å². The standard InChI is InChI=1S/C19H25N5O3S/c1-6-23(7-2)28(25,26)18-14(4)21-24(15(18)5)12-17-20-19(22-27-17)16-10-8-9-13(3)11-16/h8-11H,6-7,12H2,1-5H3. The fourth-order valence-corrected chi connectivity index (χ4v) is 5.08. The van der Waals surface area contributed by atoms with Crippen LogP contribution in [0.15, 0.2) is 33.7 Å². The molecule has 0 amide bonds.